The Morgan fingerprint density at radius 2 is 2.11 bits per heavy atom. The predicted molar refractivity (Wildman–Crippen MR) is 99.1 cm³/mol. The molecule has 1 N–H and O–H groups in total. The minimum absolute atomic E-state index is 0.0647. The third-order valence-electron chi connectivity index (χ3n) is 5.08. The number of amides is 1. The molecule has 1 aliphatic rings. The van der Waals surface area contributed by atoms with Gasteiger partial charge < -0.3 is 9.64 Å². The first kappa shape index (κ1) is 17.5. The van der Waals surface area contributed by atoms with Gasteiger partial charge in [-0.15, -0.1) is 0 Å². The number of aromatic nitrogens is 3. The Bertz CT molecular complexity index is 954. The van der Waals surface area contributed by atoms with Crippen molar-refractivity contribution >= 4 is 16.9 Å². The van der Waals surface area contributed by atoms with E-state index in [1.807, 2.05) is 17.0 Å². The number of pyridine rings is 1. The number of carbonyl (C=O) groups is 1. The highest BCUT2D eigenvalue weighted by molar-refractivity contribution is 5.80. The second-order valence-corrected chi connectivity index (χ2v) is 6.84. The number of ether oxygens (including phenoxy) is 1. The van der Waals surface area contributed by atoms with Crippen molar-refractivity contribution in [3.63, 3.8) is 0 Å². The highest BCUT2D eigenvalue weighted by Crippen LogP contribution is 2.31. The molecule has 2 aromatic heterocycles. The second-order valence-electron chi connectivity index (χ2n) is 6.84. The van der Waals surface area contributed by atoms with Crippen LogP contribution in [0.1, 0.15) is 30.0 Å². The van der Waals surface area contributed by atoms with Crippen LogP contribution in [0.3, 0.4) is 0 Å². The fourth-order valence-electron chi connectivity index (χ4n) is 3.65. The molecule has 27 heavy (non-hydrogen) atoms. The van der Waals surface area contributed by atoms with Crippen LogP contribution in [-0.2, 0) is 11.2 Å². The lowest BCUT2D eigenvalue weighted by Crippen LogP contribution is -2.40. The fourth-order valence-corrected chi connectivity index (χ4v) is 3.65. The molecular formula is C20H21FN4O2. The van der Waals surface area contributed by atoms with Gasteiger partial charge in [0.05, 0.1) is 13.5 Å². The largest absolute Gasteiger partial charge is 0.481 e. The molecule has 0 spiro atoms. The van der Waals surface area contributed by atoms with Gasteiger partial charge in [-0.3, -0.25) is 9.89 Å². The standard InChI is InChI=1S/C20H21FN4O2/c1-27-17-9-8-16-19(23-24-20(16)22-17)14-3-2-10-25(12-14)18(26)11-13-4-6-15(21)7-5-13/h4-9,14H,2-3,10-12H2,1H3,(H,22,23,24). The van der Waals surface area contributed by atoms with E-state index in [4.69, 9.17) is 4.74 Å². The molecule has 4 rings (SSSR count). The number of carbonyl (C=O) groups excluding carboxylic acids is 1. The van der Waals surface area contributed by atoms with Crippen molar-refractivity contribution in [2.45, 2.75) is 25.2 Å². The van der Waals surface area contributed by atoms with Gasteiger partial charge in [0.25, 0.3) is 0 Å². The highest BCUT2D eigenvalue weighted by atomic mass is 19.1. The lowest BCUT2D eigenvalue weighted by Gasteiger charge is -2.32. The van der Waals surface area contributed by atoms with Gasteiger partial charge in [-0.1, -0.05) is 12.1 Å². The number of methoxy groups -OCH3 is 1. The molecule has 6 nitrogen and oxygen atoms in total. The van der Waals surface area contributed by atoms with Crippen molar-refractivity contribution in [3.05, 3.63) is 53.5 Å². The molecule has 1 atom stereocenters. The van der Waals surface area contributed by atoms with Crippen molar-refractivity contribution in [2.24, 2.45) is 0 Å². The number of piperidine rings is 1. The molecule has 0 bridgehead atoms. The first-order valence-corrected chi connectivity index (χ1v) is 9.05. The molecule has 0 aliphatic carbocycles. The number of nitrogens with zero attached hydrogens (tertiary/aromatic N) is 3. The van der Waals surface area contributed by atoms with E-state index in [0.29, 0.717) is 18.1 Å². The summed E-state index contributed by atoms with van der Waals surface area (Å²) in [7, 11) is 1.58. The molecule has 1 fully saturated rings. The van der Waals surface area contributed by atoms with Crippen LogP contribution in [0.25, 0.3) is 11.0 Å². The second kappa shape index (κ2) is 7.34. The first-order valence-electron chi connectivity index (χ1n) is 9.05. The summed E-state index contributed by atoms with van der Waals surface area (Å²) >= 11 is 0. The molecular weight excluding hydrogens is 347 g/mol. The van der Waals surface area contributed by atoms with Gasteiger partial charge in [0, 0.05) is 36.2 Å². The third-order valence-corrected chi connectivity index (χ3v) is 5.08. The Morgan fingerprint density at radius 1 is 1.30 bits per heavy atom. The lowest BCUT2D eigenvalue weighted by atomic mass is 9.93. The Balaban J connectivity index is 1.49. The maximum Gasteiger partial charge on any atom is 0.227 e. The number of rotatable bonds is 4. The highest BCUT2D eigenvalue weighted by Gasteiger charge is 2.27. The van der Waals surface area contributed by atoms with E-state index in [1.165, 1.54) is 12.1 Å². The normalized spacial score (nSPS) is 17.3. The summed E-state index contributed by atoms with van der Waals surface area (Å²) in [4.78, 5) is 18.9. The zero-order valence-electron chi connectivity index (χ0n) is 15.1. The van der Waals surface area contributed by atoms with Crippen LogP contribution in [0.4, 0.5) is 4.39 Å². The molecule has 1 amide bonds. The van der Waals surface area contributed by atoms with Gasteiger partial charge >= 0.3 is 0 Å². The number of likely N-dealkylation sites (tertiary alicyclic amines) is 1. The molecule has 1 unspecified atom stereocenters. The Morgan fingerprint density at radius 3 is 2.89 bits per heavy atom. The Kier molecular flexibility index (Phi) is 4.75. The van der Waals surface area contributed by atoms with Crippen molar-refractivity contribution in [3.8, 4) is 5.88 Å². The fraction of sp³-hybridized carbons (Fsp3) is 0.350. The number of hydrogen-bond acceptors (Lipinski definition) is 4. The quantitative estimate of drug-likeness (QED) is 0.768. The molecule has 0 saturated carbocycles. The van der Waals surface area contributed by atoms with Crippen LogP contribution in [0.15, 0.2) is 36.4 Å². The van der Waals surface area contributed by atoms with E-state index >= 15 is 0 Å². The van der Waals surface area contributed by atoms with Gasteiger partial charge in [-0.05, 0) is 36.6 Å². The topological polar surface area (TPSA) is 71.1 Å². The minimum atomic E-state index is -0.291. The zero-order valence-corrected chi connectivity index (χ0v) is 15.1. The summed E-state index contributed by atoms with van der Waals surface area (Å²) in [6, 6.07) is 9.88. The van der Waals surface area contributed by atoms with Crippen LogP contribution in [0.5, 0.6) is 5.88 Å². The number of benzene rings is 1. The number of fused-ring (bicyclic) bond motifs is 1. The Labute approximate surface area is 156 Å². The summed E-state index contributed by atoms with van der Waals surface area (Å²) in [5.74, 6) is 0.493. The smallest absolute Gasteiger partial charge is 0.227 e. The third kappa shape index (κ3) is 3.63. The maximum absolute atomic E-state index is 13.0. The summed E-state index contributed by atoms with van der Waals surface area (Å²) in [6.07, 6.45) is 2.21. The number of hydrogen-bond donors (Lipinski definition) is 1. The average Bonchev–Trinajstić information content (AvgIpc) is 3.13. The van der Waals surface area contributed by atoms with E-state index < -0.39 is 0 Å². The number of H-pyrrole nitrogens is 1. The van der Waals surface area contributed by atoms with Crippen molar-refractivity contribution < 1.29 is 13.9 Å². The molecule has 3 aromatic rings. The van der Waals surface area contributed by atoms with E-state index in [2.05, 4.69) is 15.2 Å². The predicted octanol–water partition coefficient (Wildman–Crippen LogP) is 3.05. The summed E-state index contributed by atoms with van der Waals surface area (Å²) < 4.78 is 18.2. The molecule has 140 valence electrons. The average molecular weight is 368 g/mol. The molecule has 1 saturated heterocycles. The summed E-state index contributed by atoms with van der Waals surface area (Å²) in [5, 5.41) is 8.36. The van der Waals surface area contributed by atoms with Gasteiger partial charge in [-0.25, -0.2) is 4.39 Å². The molecule has 0 radical (unpaired) electrons. The van der Waals surface area contributed by atoms with Crippen LogP contribution in [0.2, 0.25) is 0 Å². The SMILES string of the molecule is COc1ccc2c(C3CCCN(C(=O)Cc4ccc(F)cc4)C3)[nH]nc2n1. The van der Waals surface area contributed by atoms with Gasteiger partial charge in [-0.2, -0.15) is 10.1 Å². The number of aromatic amines is 1. The first-order chi connectivity index (χ1) is 13.1. The van der Waals surface area contributed by atoms with Crippen molar-refractivity contribution in [1.82, 2.24) is 20.1 Å². The van der Waals surface area contributed by atoms with Crippen LogP contribution in [0, 0.1) is 5.82 Å². The van der Waals surface area contributed by atoms with Crippen LogP contribution >= 0.6 is 0 Å². The monoisotopic (exact) mass is 368 g/mol. The molecule has 1 aliphatic heterocycles. The van der Waals surface area contributed by atoms with E-state index in [9.17, 15) is 9.18 Å². The lowest BCUT2D eigenvalue weighted by molar-refractivity contribution is -0.131. The van der Waals surface area contributed by atoms with Crippen molar-refractivity contribution in [2.75, 3.05) is 20.2 Å². The van der Waals surface area contributed by atoms with Crippen molar-refractivity contribution in [1.29, 1.82) is 0 Å². The zero-order chi connectivity index (χ0) is 18.8. The van der Waals surface area contributed by atoms with E-state index in [-0.39, 0.29) is 24.1 Å². The minimum Gasteiger partial charge on any atom is -0.481 e. The van der Waals surface area contributed by atoms with E-state index in [1.54, 1.807) is 19.2 Å². The molecule has 7 heteroatoms. The number of halogens is 1. The molecule has 3 heterocycles. The van der Waals surface area contributed by atoms with Gasteiger partial charge in [0.15, 0.2) is 5.65 Å². The Hall–Kier alpha value is -2.96. The van der Waals surface area contributed by atoms with Gasteiger partial charge in [0.1, 0.15) is 5.82 Å². The maximum atomic E-state index is 13.0. The van der Waals surface area contributed by atoms with E-state index in [0.717, 1.165) is 36.0 Å². The van der Waals surface area contributed by atoms with Gasteiger partial charge in [0.2, 0.25) is 11.8 Å². The molecule has 1 aromatic carbocycles. The number of nitrogens with one attached hydrogen (secondary N) is 1. The van der Waals surface area contributed by atoms with Crippen LogP contribution in [-0.4, -0.2) is 46.2 Å². The van der Waals surface area contributed by atoms with Crippen LogP contribution < -0.4 is 4.74 Å². The summed E-state index contributed by atoms with van der Waals surface area (Å²) in [6.45, 7) is 1.39. The summed E-state index contributed by atoms with van der Waals surface area (Å²) in [5.41, 5.74) is 2.46.